The van der Waals surface area contributed by atoms with Crippen molar-refractivity contribution >= 4 is 11.6 Å². The lowest BCUT2D eigenvalue weighted by Gasteiger charge is -2.01. The lowest BCUT2D eigenvalue weighted by molar-refractivity contribution is 0.340. The molecule has 0 heterocycles. The number of hydrogen-bond donors (Lipinski definition) is 0. The van der Waals surface area contributed by atoms with Gasteiger partial charge in [-0.15, -0.1) is 11.6 Å². The van der Waals surface area contributed by atoms with E-state index in [0.717, 1.165) is 0 Å². The lowest BCUT2D eigenvalue weighted by Crippen LogP contribution is -1.97. The number of rotatable bonds is 3. The normalized spacial score (nSPS) is 9.64. The smallest absolute Gasteiger partial charge is 0.130 e. The number of hydrogen-bond acceptors (Lipinski definition) is 1. The zero-order chi connectivity index (χ0) is 8.10. The number of alkyl halides is 1. The Labute approximate surface area is 69.7 Å². The van der Waals surface area contributed by atoms with Crippen molar-refractivity contribution in [1.82, 2.24) is 0 Å². The highest BCUT2D eigenvalue weighted by atomic mass is 35.5. The predicted molar refractivity (Wildman–Crippen MR) is 41.5 cm³/mol. The van der Waals surface area contributed by atoms with E-state index >= 15 is 0 Å². The molecule has 59 valence electrons. The molecule has 1 nitrogen and oxygen atoms in total. The molecule has 0 aromatic heterocycles. The molecule has 11 heavy (non-hydrogen) atoms. The third-order valence-corrected chi connectivity index (χ3v) is 1.23. The van der Waals surface area contributed by atoms with Crippen LogP contribution in [0.3, 0.4) is 0 Å². The largest absolute Gasteiger partial charge is 0.492 e. The highest BCUT2D eigenvalue weighted by Crippen LogP contribution is 2.10. The summed E-state index contributed by atoms with van der Waals surface area (Å²) in [5.74, 6) is 0.462. The highest BCUT2D eigenvalue weighted by Gasteiger charge is 1.94. The van der Waals surface area contributed by atoms with Gasteiger partial charge in [-0.05, 0) is 12.1 Å². The van der Waals surface area contributed by atoms with E-state index < -0.39 is 0 Å². The second kappa shape index (κ2) is 4.19. The average molecular weight is 174 g/mol. The van der Waals surface area contributed by atoms with Crippen molar-refractivity contribution in [2.24, 2.45) is 0 Å². The second-order valence-corrected chi connectivity index (χ2v) is 2.29. The van der Waals surface area contributed by atoms with Crippen molar-refractivity contribution < 1.29 is 9.13 Å². The number of benzene rings is 1. The molecule has 0 atom stereocenters. The van der Waals surface area contributed by atoms with Gasteiger partial charge in [-0.25, -0.2) is 4.39 Å². The van der Waals surface area contributed by atoms with Gasteiger partial charge in [0.15, 0.2) is 0 Å². The van der Waals surface area contributed by atoms with Gasteiger partial charge >= 0.3 is 0 Å². The van der Waals surface area contributed by atoms with E-state index in [2.05, 4.69) is 6.07 Å². The topological polar surface area (TPSA) is 9.23 Å². The average Bonchev–Trinajstić information content (AvgIpc) is 2.01. The maximum Gasteiger partial charge on any atom is 0.130 e. The van der Waals surface area contributed by atoms with Gasteiger partial charge in [0.05, 0.1) is 5.88 Å². The summed E-state index contributed by atoms with van der Waals surface area (Å²) in [4.78, 5) is 0. The number of ether oxygens (including phenoxy) is 1. The zero-order valence-electron chi connectivity index (χ0n) is 5.81. The molecular weight excluding hydrogens is 167 g/mol. The molecule has 0 unspecified atom stereocenters. The summed E-state index contributed by atoms with van der Waals surface area (Å²) in [5, 5.41) is 0. The van der Waals surface area contributed by atoms with E-state index in [1.807, 2.05) is 0 Å². The Bertz CT molecular complexity index is 227. The standard InChI is InChI=1S/C8H7ClFO/c9-4-5-11-8-3-1-2-7(10)6-8/h1-2,6H,4-5H2. The summed E-state index contributed by atoms with van der Waals surface area (Å²) in [7, 11) is 0. The van der Waals surface area contributed by atoms with Gasteiger partial charge in [-0.3, -0.25) is 0 Å². The maximum atomic E-state index is 12.5. The van der Waals surface area contributed by atoms with Crippen LogP contribution in [0.2, 0.25) is 0 Å². The molecule has 0 fully saturated rings. The van der Waals surface area contributed by atoms with Crippen LogP contribution >= 0.6 is 11.6 Å². The van der Waals surface area contributed by atoms with E-state index in [1.54, 1.807) is 0 Å². The molecule has 0 spiro atoms. The molecule has 0 N–H and O–H groups in total. The SMILES string of the molecule is Fc1cc[c]c(OCCCl)c1. The Balaban J connectivity index is 2.56. The van der Waals surface area contributed by atoms with Gasteiger partial charge in [0.2, 0.25) is 0 Å². The van der Waals surface area contributed by atoms with Crippen LogP contribution in [0.15, 0.2) is 18.2 Å². The van der Waals surface area contributed by atoms with Crippen LogP contribution in [-0.4, -0.2) is 12.5 Å². The number of halogens is 2. The molecule has 0 saturated heterocycles. The van der Waals surface area contributed by atoms with E-state index in [1.165, 1.54) is 18.2 Å². The van der Waals surface area contributed by atoms with Crippen molar-refractivity contribution in [2.75, 3.05) is 12.5 Å². The van der Waals surface area contributed by atoms with Crippen molar-refractivity contribution in [3.63, 3.8) is 0 Å². The molecule has 1 radical (unpaired) electrons. The van der Waals surface area contributed by atoms with E-state index in [9.17, 15) is 4.39 Å². The summed E-state index contributed by atoms with van der Waals surface area (Å²) in [5.41, 5.74) is 0. The molecule has 0 aliphatic heterocycles. The Kier molecular flexibility index (Phi) is 3.17. The molecule has 1 aromatic rings. The molecule has 0 aliphatic rings. The minimum Gasteiger partial charge on any atom is -0.492 e. The monoisotopic (exact) mass is 173 g/mol. The third kappa shape index (κ3) is 2.76. The molecule has 1 rings (SSSR count). The maximum absolute atomic E-state index is 12.5. The van der Waals surface area contributed by atoms with Crippen molar-refractivity contribution in [3.05, 3.63) is 30.1 Å². The molecule has 3 heteroatoms. The van der Waals surface area contributed by atoms with E-state index in [4.69, 9.17) is 16.3 Å². The molecule has 0 aliphatic carbocycles. The van der Waals surface area contributed by atoms with Crippen LogP contribution in [0.25, 0.3) is 0 Å². The van der Waals surface area contributed by atoms with E-state index in [-0.39, 0.29) is 5.82 Å². The van der Waals surface area contributed by atoms with Crippen LogP contribution in [0, 0.1) is 11.9 Å². The van der Waals surface area contributed by atoms with Crippen LogP contribution in [0.5, 0.6) is 5.75 Å². The fourth-order valence-corrected chi connectivity index (χ4v) is 0.727. The van der Waals surface area contributed by atoms with E-state index in [0.29, 0.717) is 18.2 Å². The van der Waals surface area contributed by atoms with Gasteiger partial charge in [0, 0.05) is 12.1 Å². The Hall–Kier alpha value is -0.760. The van der Waals surface area contributed by atoms with Crippen LogP contribution < -0.4 is 4.74 Å². The summed E-state index contributed by atoms with van der Waals surface area (Å²) in [6, 6.07) is 6.78. The minimum atomic E-state index is -0.326. The quantitative estimate of drug-likeness (QED) is 0.637. The molecule has 0 saturated carbocycles. The first-order chi connectivity index (χ1) is 5.33. The molecular formula is C8H7ClFO. The van der Waals surface area contributed by atoms with Gasteiger partial charge in [0.25, 0.3) is 0 Å². The summed E-state index contributed by atoms with van der Waals surface area (Å²) in [6.07, 6.45) is 0. The first kappa shape index (κ1) is 8.34. The summed E-state index contributed by atoms with van der Waals surface area (Å²) < 4.78 is 17.5. The van der Waals surface area contributed by atoms with Gasteiger partial charge in [0.1, 0.15) is 18.2 Å². The summed E-state index contributed by atoms with van der Waals surface area (Å²) >= 11 is 5.36. The second-order valence-electron chi connectivity index (χ2n) is 1.91. The Morgan fingerprint density at radius 2 is 2.45 bits per heavy atom. The fourth-order valence-electron chi connectivity index (χ4n) is 0.650. The zero-order valence-corrected chi connectivity index (χ0v) is 6.57. The predicted octanol–water partition coefficient (Wildman–Crippen LogP) is 2.24. The Morgan fingerprint density at radius 3 is 3.09 bits per heavy atom. The summed E-state index contributed by atoms with van der Waals surface area (Å²) in [6.45, 7) is 0.376. The van der Waals surface area contributed by atoms with Gasteiger partial charge in [-0.1, -0.05) is 0 Å². The molecule has 0 amide bonds. The molecule has 0 bridgehead atoms. The highest BCUT2D eigenvalue weighted by molar-refractivity contribution is 6.17. The molecule has 1 aromatic carbocycles. The van der Waals surface area contributed by atoms with Crippen LogP contribution in [-0.2, 0) is 0 Å². The van der Waals surface area contributed by atoms with Crippen molar-refractivity contribution in [2.45, 2.75) is 0 Å². The van der Waals surface area contributed by atoms with Gasteiger partial charge in [-0.2, -0.15) is 0 Å². The van der Waals surface area contributed by atoms with Crippen molar-refractivity contribution in [1.29, 1.82) is 0 Å². The van der Waals surface area contributed by atoms with Crippen LogP contribution in [0.4, 0.5) is 4.39 Å². The minimum absolute atomic E-state index is 0.326. The fraction of sp³-hybridized carbons (Fsp3) is 0.250. The lowest BCUT2D eigenvalue weighted by atomic mass is 10.3. The Morgan fingerprint density at radius 1 is 1.64 bits per heavy atom. The third-order valence-electron chi connectivity index (χ3n) is 1.07. The first-order valence-corrected chi connectivity index (χ1v) is 3.72. The van der Waals surface area contributed by atoms with Crippen molar-refractivity contribution in [3.8, 4) is 5.75 Å². The first-order valence-electron chi connectivity index (χ1n) is 3.19. The van der Waals surface area contributed by atoms with Gasteiger partial charge < -0.3 is 4.74 Å². The van der Waals surface area contributed by atoms with Crippen LogP contribution in [0.1, 0.15) is 0 Å².